The number of rotatable bonds is 5. The van der Waals surface area contributed by atoms with Gasteiger partial charge < -0.3 is 5.32 Å². The van der Waals surface area contributed by atoms with Gasteiger partial charge in [0.25, 0.3) is 0 Å². The maximum absolute atomic E-state index is 13.7. The molecule has 0 radical (unpaired) electrons. The molecule has 3 heterocycles. The fourth-order valence-corrected chi connectivity index (χ4v) is 2.89. The predicted molar refractivity (Wildman–Crippen MR) is 103 cm³/mol. The van der Waals surface area contributed by atoms with Gasteiger partial charge >= 0.3 is 0 Å². The van der Waals surface area contributed by atoms with Crippen molar-refractivity contribution in [3.05, 3.63) is 90.3 Å². The Balaban J connectivity index is 1.64. The first-order valence-electron chi connectivity index (χ1n) is 8.61. The third-order valence-electron chi connectivity index (χ3n) is 4.14. The quantitative estimate of drug-likeness (QED) is 0.574. The molecule has 0 fully saturated rings. The molecule has 0 amide bonds. The van der Waals surface area contributed by atoms with Crippen molar-refractivity contribution < 1.29 is 4.39 Å². The minimum Gasteiger partial charge on any atom is -0.366 e. The Morgan fingerprint density at radius 2 is 1.96 bits per heavy atom. The van der Waals surface area contributed by atoms with Crippen molar-refractivity contribution in [3.63, 3.8) is 0 Å². The van der Waals surface area contributed by atoms with E-state index < -0.39 is 0 Å². The molecule has 0 spiro atoms. The van der Waals surface area contributed by atoms with Gasteiger partial charge in [-0.15, -0.1) is 0 Å². The number of aromatic nitrogens is 4. The van der Waals surface area contributed by atoms with E-state index in [1.807, 2.05) is 49.5 Å². The fraction of sp³-hybridized carbons (Fsp3) is 0.0952. The van der Waals surface area contributed by atoms with Gasteiger partial charge in [-0.05, 0) is 55.0 Å². The molecule has 0 bridgehead atoms. The van der Waals surface area contributed by atoms with Gasteiger partial charge in [0, 0.05) is 30.7 Å². The van der Waals surface area contributed by atoms with Crippen LogP contribution in [0.1, 0.15) is 11.3 Å². The molecule has 1 N–H and O–H groups in total. The van der Waals surface area contributed by atoms with Crippen LogP contribution in [0.4, 0.5) is 10.2 Å². The summed E-state index contributed by atoms with van der Waals surface area (Å²) in [4.78, 5) is 8.50. The molecule has 4 aromatic rings. The van der Waals surface area contributed by atoms with E-state index in [9.17, 15) is 4.39 Å². The van der Waals surface area contributed by atoms with Crippen LogP contribution in [0.15, 0.2) is 73.2 Å². The molecule has 6 heteroatoms. The van der Waals surface area contributed by atoms with Crippen LogP contribution in [0.3, 0.4) is 0 Å². The largest absolute Gasteiger partial charge is 0.366 e. The number of halogens is 1. The van der Waals surface area contributed by atoms with Crippen molar-refractivity contribution in [2.24, 2.45) is 0 Å². The molecule has 0 atom stereocenters. The zero-order chi connectivity index (χ0) is 18.6. The standard InChI is InChI=1S/C21H18FN5/c1-15-10-20(27(26-15)19-6-2-5-18(22)12-19)17-7-9-24-21(11-17)25-14-16-4-3-8-23-13-16/h2-13H,14H2,1H3,(H,24,25). The van der Waals surface area contributed by atoms with Gasteiger partial charge in [-0.1, -0.05) is 12.1 Å². The molecular weight excluding hydrogens is 341 g/mol. The van der Waals surface area contributed by atoms with Crippen LogP contribution in [0.25, 0.3) is 16.9 Å². The van der Waals surface area contributed by atoms with Crippen LogP contribution in [-0.2, 0) is 6.54 Å². The van der Waals surface area contributed by atoms with Gasteiger partial charge in [0.2, 0.25) is 0 Å². The van der Waals surface area contributed by atoms with Crippen LogP contribution in [-0.4, -0.2) is 19.7 Å². The lowest BCUT2D eigenvalue weighted by atomic mass is 10.1. The van der Waals surface area contributed by atoms with Gasteiger partial charge in [-0.3, -0.25) is 4.98 Å². The molecule has 0 aliphatic rings. The van der Waals surface area contributed by atoms with E-state index in [4.69, 9.17) is 0 Å². The second-order valence-electron chi connectivity index (χ2n) is 6.21. The van der Waals surface area contributed by atoms with Crippen molar-refractivity contribution in [1.82, 2.24) is 19.7 Å². The van der Waals surface area contributed by atoms with Crippen molar-refractivity contribution in [2.45, 2.75) is 13.5 Å². The van der Waals surface area contributed by atoms with E-state index in [1.54, 1.807) is 23.1 Å². The molecule has 134 valence electrons. The maximum atomic E-state index is 13.7. The highest BCUT2D eigenvalue weighted by atomic mass is 19.1. The molecule has 0 saturated heterocycles. The highest BCUT2D eigenvalue weighted by molar-refractivity contribution is 5.65. The summed E-state index contributed by atoms with van der Waals surface area (Å²) in [6, 6.07) is 16.2. The first-order valence-corrected chi connectivity index (χ1v) is 8.61. The zero-order valence-electron chi connectivity index (χ0n) is 14.8. The number of benzene rings is 1. The third-order valence-corrected chi connectivity index (χ3v) is 4.14. The molecule has 27 heavy (non-hydrogen) atoms. The third kappa shape index (κ3) is 3.84. The van der Waals surface area contributed by atoms with E-state index in [1.165, 1.54) is 12.1 Å². The first-order chi connectivity index (χ1) is 13.2. The molecule has 0 unspecified atom stereocenters. The first kappa shape index (κ1) is 16.9. The Bertz CT molecular complexity index is 1060. The summed E-state index contributed by atoms with van der Waals surface area (Å²) in [6.07, 6.45) is 5.32. The lowest BCUT2D eigenvalue weighted by molar-refractivity contribution is 0.625. The van der Waals surface area contributed by atoms with Gasteiger partial charge in [0.05, 0.1) is 17.1 Å². The van der Waals surface area contributed by atoms with E-state index in [0.717, 1.165) is 28.3 Å². The molecule has 5 nitrogen and oxygen atoms in total. The summed E-state index contributed by atoms with van der Waals surface area (Å²) in [5.41, 5.74) is 4.44. The Hall–Kier alpha value is -3.54. The Labute approximate surface area is 156 Å². The summed E-state index contributed by atoms with van der Waals surface area (Å²) in [5.74, 6) is 0.459. The van der Waals surface area contributed by atoms with Crippen LogP contribution < -0.4 is 5.32 Å². The summed E-state index contributed by atoms with van der Waals surface area (Å²) >= 11 is 0. The van der Waals surface area contributed by atoms with Gasteiger partial charge in [-0.2, -0.15) is 5.10 Å². The minimum atomic E-state index is -0.292. The normalized spacial score (nSPS) is 10.7. The number of hydrogen-bond acceptors (Lipinski definition) is 4. The summed E-state index contributed by atoms with van der Waals surface area (Å²) in [7, 11) is 0. The smallest absolute Gasteiger partial charge is 0.126 e. The number of hydrogen-bond donors (Lipinski definition) is 1. The highest BCUT2D eigenvalue weighted by Crippen LogP contribution is 2.25. The van der Waals surface area contributed by atoms with Crippen LogP contribution in [0, 0.1) is 12.7 Å². The van der Waals surface area contributed by atoms with E-state index >= 15 is 0 Å². The average Bonchev–Trinajstić information content (AvgIpc) is 3.09. The van der Waals surface area contributed by atoms with E-state index in [2.05, 4.69) is 20.4 Å². The molecule has 0 saturated carbocycles. The maximum Gasteiger partial charge on any atom is 0.126 e. The SMILES string of the molecule is Cc1cc(-c2ccnc(NCc3cccnc3)c2)n(-c2cccc(F)c2)n1. The van der Waals surface area contributed by atoms with Crippen LogP contribution in [0.2, 0.25) is 0 Å². The Kier molecular flexibility index (Phi) is 4.61. The Morgan fingerprint density at radius 3 is 2.78 bits per heavy atom. The minimum absolute atomic E-state index is 0.292. The summed E-state index contributed by atoms with van der Waals surface area (Å²) < 4.78 is 15.4. The average molecular weight is 359 g/mol. The number of pyridine rings is 2. The van der Waals surface area contributed by atoms with Crippen molar-refractivity contribution in [3.8, 4) is 16.9 Å². The molecule has 4 rings (SSSR count). The number of anilines is 1. The monoisotopic (exact) mass is 359 g/mol. The molecule has 1 aromatic carbocycles. The predicted octanol–water partition coefficient (Wildman–Crippen LogP) is 4.39. The number of aryl methyl sites for hydroxylation is 1. The second kappa shape index (κ2) is 7.37. The summed E-state index contributed by atoms with van der Waals surface area (Å²) in [5, 5.41) is 7.83. The van der Waals surface area contributed by atoms with Crippen molar-refractivity contribution >= 4 is 5.82 Å². The van der Waals surface area contributed by atoms with Crippen LogP contribution >= 0.6 is 0 Å². The van der Waals surface area contributed by atoms with Gasteiger partial charge in [0.15, 0.2) is 0 Å². The van der Waals surface area contributed by atoms with E-state index in [0.29, 0.717) is 12.2 Å². The van der Waals surface area contributed by atoms with Gasteiger partial charge in [-0.25, -0.2) is 14.1 Å². The van der Waals surface area contributed by atoms with Crippen LogP contribution in [0.5, 0.6) is 0 Å². The number of nitrogens with zero attached hydrogens (tertiary/aromatic N) is 4. The van der Waals surface area contributed by atoms with E-state index in [-0.39, 0.29) is 5.82 Å². The fourth-order valence-electron chi connectivity index (χ4n) is 2.89. The topological polar surface area (TPSA) is 55.6 Å². The van der Waals surface area contributed by atoms with Crippen molar-refractivity contribution in [2.75, 3.05) is 5.32 Å². The zero-order valence-corrected chi connectivity index (χ0v) is 14.8. The molecule has 0 aliphatic heterocycles. The summed E-state index contributed by atoms with van der Waals surface area (Å²) in [6.45, 7) is 2.55. The Morgan fingerprint density at radius 1 is 1.04 bits per heavy atom. The second-order valence-corrected chi connectivity index (χ2v) is 6.21. The molecule has 0 aliphatic carbocycles. The number of nitrogens with one attached hydrogen (secondary N) is 1. The highest BCUT2D eigenvalue weighted by Gasteiger charge is 2.11. The van der Waals surface area contributed by atoms with Crippen molar-refractivity contribution in [1.29, 1.82) is 0 Å². The molecular formula is C21H18FN5. The van der Waals surface area contributed by atoms with Gasteiger partial charge in [0.1, 0.15) is 11.6 Å². The lowest BCUT2D eigenvalue weighted by Gasteiger charge is -2.10. The molecule has 3 aromatic heterocycles. The lowest BCUT2D eigenvalue weighted by Crippen LogP contribution is -2.03.